The van der Waals surface area contributed by atoms with Gasteiger partial charge < -0.3 is 10.1 Å². The molecule has 2 aromatic rings. The first-order valence-electron chi connectivity index (χ1n) is 11.8. The highest BCUT2D eigenvalue weighted by atomic mass is 19.4. The predicted molar refractivity (Wildman–Crippen MR) is 129 cm³/mol. The standard InChI is InChI=1S/C27H24F3N3O3/c1-16(22-23(34)33-25(32-22)31-19-12-8-11-18(15-19)27(28,29)30)20-21(17-9-4-2-5-10-17)26(36-24(20)35)13-6-3-7-14-26/h2,4-5,8-12,15H,3,6-7,13-14H2,1H3,(H2,31,32,33,34)/b22-16+. The van der Waals surface area contributed by atoms with E-state index in [1.807, 2.05) is 30.3 Å². The maximum Gasteiger partial charge on any atom is 0.416 e. The number of amides is 1. The molecule has 9 heteroatoms. The second kappa shape index (κ2) is 8.96. The molecule has 0 radical (unpaired) electrons. The Labute approximate surface area is 205 Å². The summed E-state index contributed by atoms with van der Waals surface area (Å²) in [5, 5.41) is 5.26. The third kappa shape index (κ3) is 4.29. The second-order valence-corrected chi connectivity index (χ2v) is 9.15. The van der Waals surface area contributed by atoms with Gasteiger partial charge in [0.05, 0.1) is 11.1 Å². The maximum absolute atomic E-state index is 13.2. The van der Waals surface area contributed by atoms with E-state index in [-0.39, 0.29) is 17.3 Å². The summed E-state index contributed by atoms with van der Waals surface area (Å²) < 4.78 is 45.2. The first-order chi connectivity index (χ1) is 17.2. The molecule has 186 valence electrons. The monoisotopic (exact) mass is 495 g/mol. The number of guanidine groups is 1. The largest absolute Gasteiger partial charge is 0.451 e. The maximum atomic E-state index is 13.2. The van der Waals surface area contributed by atoms with E-state index in [0.29, 0.717) is 24.0 Å². The highest BCUT2D eigenvalue weighted by Crippen LogP contribution is 2.50. The molecule has 0 bridgehead atoms. The van der Waals surface area contributed by atoms with Gasteiger partial charge in [-0.05, 0) is 61.9 Å². The topological polar surface area (TPSA) is 79.8 Å². The van der Waals surface area contributed by atoms with Crippen LogP contribution < -0.4 is 10.6 Å². The van der Waals surface area contributed by atoms with Gasteiger partial charge in [-0.3, -0.25) is 10.1 Å². The van der Waals surface area contributed by atoms with Crippen molar-refractivity contribution in [2.45, 2.75) is 50.8 Å². The van der Waals surface area contributed by atoms with Crippen molar-refractivity contribution in [2.75, 3.05) is 5.32 Å². The van der Waals surface area contributed by atoms with Gasteiger partial charge in [0.1, 0.15) is 11.3 Å². The van der Waals surface area contributed by atoms with Crippen LogP contribution in [0.25, 0.3) is 5.57 Å². The molecule has 1 fully saturated rings. The quantitative estimate of drug-likeness (QED) is 0.430. The van der Waals surface area contributed by atoms with Crippen LogP contribution in [0.1, 0.15) is 50.2 Å². The molecule has 1 amide bonds. The van der Waals surface area contributed by atoms with Crippen molar-refractivity contribution in [3.05, 3.63) is 82.6 Å². The molecule has 1 spiro atoms. The van der Waals surface area contributed by atoms with E-state index in [0.717, 1.165) is 42.5 Å². The fraction of sp³-hybridized carbons (Fsp3) is 0.296. The molecule has 2 aliphatic heterocycles. The number of nitrogens with zero attached hydrogens (tertiary/aromatic N) is 1. The van der Waals surface area contributed by atoms with Gasteiger partial charge in [0.25, 0.3) is 5.91 Å². The van der Waals surface area contributed by atoms with E-state index in [1.165, 1.54) is 12.1 Å². The van der Waals surface area contributed by atoms with Gasteiger partial charge in [0.2, 0.25) is 5.96 Å². The fourth-order valence-electron chi connectivity index (χ4n) is 5.14. The number of esters is 1. The molecular formula is C27H24F3N3O3. The van der Waals surface area contributed by atoms with Crippen LogP contribution in [0.4, 0.5) is 18.9 Å². The van der Waals surface area contributed by atoms with E-state index in [4.69, 9.17) is 4.74 Å². The SMILES string of the molecule is C/C(C1=C(c2ccccc2)C2(CCCCC2)OC1=O)=C1\N=C(Nc2cccc(C(F)(F)F)c2)NC1=O. The number of ether oxygens (including phenoxy) is 1. The summed E-state index contributed by atoms with van der Waals surface area (Å²) in [6.45, 7) is 1.65. The van der Waals surface area contributed by atoms with Gasteiger partial charge in [0.15, 0.2) is 0 Å². The average molecular weight is 496 g/mol. The summed E-state index contributed by atoms with van der Waals surface area (Å²) in [7, 11) is 0. The minimum atomic E-state index is -4.50. The van der Waals surface area contributed by atoms with E-state index < -0.39 is 29.2 Å². The van der Waals surface area contributed by atoms with Crippen LogP contribution in [0.5, 0.6) is 0 Å². The summed E-state index contributed by atoms with van der Waals surface area (Å²) in [6.07, 6.45) is -0.182. The fourth-order valence-corrected chi connectivity index (χ4v) is 5.14. The minimum absolute atomic E-state index is 0.0118. The molecule has 1 saturated carbocycles. The zero-order valence-electron chi connectivity index (χ0n) is 19.5. The van der Waals surface area contributed by atoms with E-state index in [9.17, 15) is 22.8 Å². The molecule has 0 saturated heterocycles. The van der Waals surface area contributed by atoms with Crippen LogP contribution in [0.2, 0.25) is 0 Å². The molecular weight excluding hydrogens is 471 g/mol. The molecule has 2 aromatic carbocycles. The smallest absolute Gasteiger partial charge is 0.416 e. The number of halogens is 3. The van der Waals surface area contributed by atoms with Gasteiger partial charge in [-0.2, -0.15) is 13.2 Å². The van der Waals surface area contributed by atoms with Crippen LogP contribution in [0.3, 0.4) is 0 Å². The third-order valence-corrected chi connectivity index (χ3v) is 6.77. The van der Waals surface area contributed by atoms with Crippen molar-refractivity contribution in [1.82, 2.24) is 5.32 Å². The molecule has 0 unspecified atom stereocenters. The van der Waals surface area contributed by atoms with Crippen molar-refractivity contribution in [2.24, 2.45) is 4.99 Å². The first kappa shape index (κ1) is 23.8. The molecule has 1 aliphatic carbocycles. The Morgan fingerprint density at radius 3 is 2.44 bits per heavy atom. The Kier molecular flexibility index (Phi) is 5.94. The molecule has 5 rings (SSSR count). The minimum Gasteiger partial charge on any atom is -0.451 e. The number of rotatable bonds is 3. The molecule has 0 aromatic heterocycles. The second-order valence-electron chi connectivity index (χ2n) is 9.15. The lowest BCUT2D eigenvalue weighted by Gasteiger charge is -2.34. The average Bonchev–Trinajstić information content (AvgIpc) is 3.35. The van der Waals surface area contributed by atoms with Gasteiger partial charge >= 0.3 is 12.1 Å². The lowest BCUT2D eigenvalue weighted by molar-refractivity contribution is -0.147. The predicted octanol–water partition coefficient (Wildman–Crippen LogP) is 5.59. The van der Waals surface area contributed by atoms with E-state index in [2.05, 4.69) is 15.6 Å². The zero-order valence-corrected chi connectivity index (χ0v) is 19.5. The number of carbonyl (C=O) groups excluding carboxylic acids is 2. The Morgan fingerprint density at radius 2 is 1.75 bits per heavy atom. The number of aliphatic imine (C=N–C) groups is 1. The zero-order chi connectivity index (χ0) is 25.5. The molecule has 6 nitrogen and oxygen atoms in total. The summed E-state index contributed by atoms with van der Waals surface area (Å²) in [5.74, 6) is -1.07. The van der Waals surface area contributed by atoms with Crippen molar-refractivity contribution >= 4 is 29.1 Å². The van der Waals surface area contributed by atoms with Crippen LogP contribution >= 0.6 is 0 Å². The Morgan fingerprint density at radius 1 is 1.03 bits per heavy atom. The van der Waals surface area contributed by atoms with Crippen LogP contribution in [-0.4, -0.2) is 23.4 Å². The van der Waals surface area contributed by atoms with Gasteiger partial charge in [-0.25, -0.2) is 9.79 Å². The number of benzene rings is 2. The van der Waals surface area contributed by atoms with Crippen molar-refractivity contribution in [3.63, 3.8) is 0 Å². The highest BCUT2D eigenvalue weighted by molar-refractivity contribution is 6.18. The lowest BCUT2D eigenvalue weighted by atomic mass is 9.75. The summed E-state index contributed by atoms with van der Waals surface area (Å²) in [4.78, 5) is 30.4. The molecule has 36 heavy (non-hydrogen) atoms. The van der Waals surface area contributed by atoms with E-state index in [1.54, 1.807) is 6.92 Å². The number of anilines is 1. The Bertz CT molecular complexity index is 1320. The molecule has 3 aliphatic rings. The molecule has 2 N–H and O–H groups in total. The molecule has 0 atom stereocenters. The third-order valence-electron chi connectivity index (χ3n) is 6.77. The van der Waals surface area contributed by atoms with Crippen LogP contribution in [0.15, 0.2) is 76.4 Å². The van der Waals surface area contributed by atoms with Crippen LogP contribution in [0, 0.1) is 0 Å². The summed E-state index contributed by atoms with van der Waals surface area (Å²) in [5.41, 5.74) is 0.854. The molecule has 2 heterocycles. The number of carbonyl (C=O) groups is 2. The number of nitrogens with one attached hydrogen (secondary N) is 2. The van der Waals surface area contributed by atoms with Gasteiger partial charge in [-0.15, -0.1) is 0 Å². The lowest BCUT2D eigenvalue weighted by Crippen LogP contribution is -2.33. The van der Waals surface area contributed by atoms with Crippen molar-refractivity contribution < 1.29 is 27.5 Å². The summed E-state index contributed by atoms with van der Waals surface area (Å²) in [6, 6.07) is 14.1. The Hall–Kier alpha value is -3.88. The highest BCUT2D eigenvalue weighted by Gasteiger charge is 2.49. The Balaban J connectivity index is 1.56. The normalized spacial score (nSPS) is 20.8. The van der Waals surface area contributed by atoms with E-state index >= 15 is 0 Å². The van der Waals surface area contributed by atoms with Crippen molar-refractivity contribution in [3.8, 4) is 0 Å². The van der Waals surface area contributed by atoms with Crippen LogP contribution in [-0.2, 0) is 20.5 Å². The van der Waals surface area contributed by atoms with Gasteiger partial charge in [-0.1, -0.05) is 42.8 Å². The van der Waals surface area contributed by atoms with Gasteiger partial charge in [0, 0.05) is 11.3 Å². The first-order valence-corrected chi connectivity index (χ1v) is 11.8. The number of alkyl halides is 3. The number of hydrogen-bond acceptors (Lipinski definition) is 5. The number of hydrogen-bond donors (Lipinski definition) is 2. The van der Waals surface area contributed by atoms with Crippen molar-refractivity contribution in [1.29, 1.82) is 0 Å². The summed E-state index contributed by atoms with van der Waals surface area (Å²) >= 11 is 0.